The lowest BCUT2D eigenvalue weighted by Crippen LogP contribution is -2.70. The first-order valence-electron chi connectivity index (χ1n) is 28.0. The van der Waals surface area contributed by atoms with Crippen molar-refractivity contribution in [1.82, 2.24) is 5.32 Å². The minimum atomic E-state index is -0.951. The van der Waals surface area contributed by atoms with Crippen LogP contribution in [0.25, 0.3) is 0 Å². The summed E-state index contributed by atoms with van der Waals surface area (Å²) in [7, 11) is 0. The van der Waals surface area contributed by atoms with Crippen molar-refractivity contribution < 1.29 is 81.6 Å². The van der Waals surface area contributed by atoms with Crippen molar-refractivity contribution in [3.05, 3.63) is 0 Å². The fourth-order valence-electron chi connectivity index (χ4n) is 17.1. The van der Waals surface area contributed by atoms with Gasteiger partial charge in [0.05, 0.1) is 43.6 Å². The number of amides is 1. The average molecular weight is 1020 g/mol. The SMILES string of the molecule is C[C@@H]1CC[C@H]2[C@@H](C)C(CC(=O)NC(COC(=O)CC3O[C@@H]4O[C@]5(C)CC[C@H]6[C@H](C)CC[C@@H]([C@H]3C)[C@@]46OO5)COC(=O)CC3O[C@@H]4O[C@]5(C)CC[C@H]6[C@H](C)CC[C@@H]([C@H]3C)[C@@]46OO5)O[C@@H]3O[C@]4(C)CC[C@@H]1[C@]32OO4. The predicted octanol–water partition coefficient (Wildman–Crippen LogP) is 7.48. The van der Waals surface area contributed by atoms with E-state index in [0.29, 0.717) is 37.0 Å². The normalized spacial score (nSPS) is 54.1. The summed E-state index contributed by atoms with van der Waals surface area (Å²) in [5.41, 5.74) is -2.28. The van der Waals surface area contributed by atoms with E-state index in [2.05, 4.69) is 46.9 Å². The van der Waals surface area contributed by atoms with Gasteiger partial charge in [-0.3, -0.25) is 14.4 Å². The summed E-state index contributed by atoms with van der Waals surface area (Å²) in [6, 6.07) is -0.878. The second-order valence-electron chi connectivity index (χ2n) is 25.6. The van der Waals surface area contributed by atoms with Crippen LogP contribution in [0.5, 0.6) is 0 Å². The van der Waals surface area contributed by atoms with Gasteiger partial charge in [0.15, 0.2) is 35.7 Å². The number of rotatable bonds is 11. The second-order valence-corrected chi connectivity index (χ2v) is 25.6. The van der Waals surface area contributed by atoms with E-state index in [1.54, 1.807) is 0 Å². The van der Waals surface area contributed by atoms with Gasteiger partial charge in [-0.1, -0.05) is 41.5 Å². The van der Waals surface area contributed by atoms with Crippen LogP contribution in [0.1, 0.15) is 159 Å². The summed E-state index contributed by atoms with van der Waals surface area (Å²) in [5.74, 6) is -2.44. The summed E-state index contributed by atoms with van der Waals surface area (Å²) in [5, 5.41) is 3.07. The molecule has 3 spiro atoms. The van der Waals surface area contributed by atoms with Crippen LogP contribution in [-0.4, -0.2) is 108 Å². The molecule has 72 heavy (non-hydrogen) atoms. The molecule has 1 N–H and O–H groups in total. The molecule has 12 heterocycles. The Labute approximate surface area is 423 Å². The van der Waals surface area contributed by atoms with Gasteiger partial charge < -0.3 is 43.2 Å². The van der Waals surface area contributed by atoms with E-state index in [9.17, 15) is 14.4 Å². The average Bonchev–Trinajstić information content (AvgIpc) is 3.82. The third-order valence-corrected chi connectivity index (χ3v) is 21.3. The van der Waals surface area contributed by atoms with Crippen molar-refractivity contribution >= 4 is 17.8 Å². The van der Waals surface area contributed by atoms with Gasteiger partial charge in [0.1, 0.15) is 13.2 Å². The number of fused-ring (bicyclic) bond motifs is 6. The molecule has 24 atom stereocenters. The van der Waals surface area contributed by atoms with Crippen LogP contribution in [0.3, 0.4) is 0 Å². The van der Waals surface area contributed by atoms with E-state index in [4.69, 9.17) is 67.2 Å². The minimum Gasteiger partial charge on any atom is -0.463 e. The molecule has 15 fully saturated rings. The molecule has 18 heteroatoms. The van der Waals surface area contributed by atoms with Crippen molar-refractivity contribution in [2.75, 3.05) is 13.2 Å². The first-order chi connectivity index (χ1) is 34.3. The number of hydrogen-bond acceptors (Lipinski definition) is 17. The quantitative estimate of drug-likeness (QED) is 0.158. The smallest absolute Gasteiger partial charge is 0.308 e. The number of ether oxygens (including phenoxy) is 8. The molecule has 404 valence electrons. The van der Waals surface area contributed by atoms with Crippen molar-refractivity contribution in [2.45, 2.75) is 236 Å². The van der Waals surface area contributed by atoms with Crippen LogP contribution < -0.4 is 5.32 Å². The van der Waals surface area contributed by atoms with Crippen LogP contribution in [0.2, 0.25) is 0 Å². The Morgan fingerprint density at radius 1 is 0.458 bits per heavy atom. The summed E-state index contributed by atoms with van der Waals surface area (Å²) < 4.78 is 51.9. The molecule has 18 nitrogen and oxygen atoms in total. The molecule has 12 saturated heterocycles. The Kier molecular flexibility index (Phi) is 12.9. The Morgan fingerprint density at radius 3 is 1.14 bits per heavy atom. The molecule has 3 unspecified atom stereocenters. The maximum atomic E-state index is 14.3. The highest BCUT2D eigenvalue weighted by molar-refractivity contribution is 5.77. The standard InChI is InChI=1S/C54H81NO17/c1-27-10-13-37-30(4)40(61-46-52(37)34(27)16-19-49(7,64-46)67-70-52)22-43(56)55-33(25-59-44(57)23-41-31(5)38-14-11-28(2)35-17-20-50(8)65-47(62-41)53(35,38)71-68-50)26-60-45(58)24-42-32(6)39-15-12-29(3)36-18-21-51(9)66-48(63-42)54(36,39)72-69-51/h27-42,46-48H,10-26H2,1-9H3,(H,55,56)/t27-,28-,29-,30-,31-,32-,33?,34+,35+,36+,37+,38+,39+,40?,41?,42?,46-,47-,48-,49+,50+,51+,52-,53-,54-/m1/s1. The Hall–Kier alpha value is -2.07. The molecule has 15 aliphatic rings. The number of hydrogen-bond donors (Lipinski definition) is 1. The van der Waals surface area contributed by atoms with Gasteiger partial charge in [0, 0.05) is 37.0 Å². The first kappa shape index (κ1) is 50.7. The third-order valence-electron chi connectivity index (χ3n) is 21.3. The summed E-state index contributed by atoms with van der Waals surface area (Å²) >= 11 is 0. The number of nitrogens with one attached hydrogen (secondary N) is 1. The Bertz CT molecular complexity index is 2000. The lowest BCUT2D eigenvalue weighted by Gasteiger charge is -2.60. The summed E-state index contributed by atoms with van der Waals surface area (Å²) in [4.78, 5) is 79.3. The minimum absolute atomic E-state index is 0.00827. The maximum Gasteiger partial charge on any atom is 0.308 e. The zero-order valence-electron chi connectivity index (χ0n) is 43.9. The molecule has 12 aliphatic heterocycles. The van der Waals surface area contributed by atoms with Gasteiger partial charge in [-0.05, 0) is 132 Å². The third kappa shape index (κ3) is 8.01. The summed E-state index contributed by atoms with van der Waals surface area (Å²) in [6.45, 7) is 18.3. The highest BCUT2D eigenvalue weighted by atomic mass is 17.3. The second kappa shape index (κ2) is 18.3. The topological polar surface area (TPSA) is 192 Å². The number of carbonyl (C=O) groups excluding carboxylic acids is 3. The van der Waals surface area contributed by atoms with E-state index in [1.165, 1.54) is 0 Å². The predicted molar refractivity (Wildman–Crippen MR) is 248 cm³/mol. The van der Waals surface area contributed by atoms with Gasteiger partial charge in [-0.2, -0.15) is 0 Å². The van der Waals surface area contributed by atoms with E-state index in [1.807, 2.05) is 20.8 Å². The monoisotopic (exact) mass is 1020 g/mol. The van der Waals surface area contributed by atoms with Gasteiger partial charge in [0.25, 0.3) is 0 Å². The molecule has 0 aromatic carbocycles. The molecule has 3 saturated carbocycles. The summed E-state index contributed by atoms with van der Waals surface area (Å²) in [6.07, 6.45) is 6.88. The van der Waals surface area contributed by atoms with E-state index in [0.717, 1.165) is 57.8 Å². The van der Waals surface area contributed by atoms with Crippen LogP contribution >= 0.6 is 0 Å². The lowest BCUT2D eigenvalue weighted by molar-refractivity contribution is -0.571. The zero-order valence-corrected chi connectivity index (χ0v) is 43.9. The molecule has 0 aromatic heterocycles. The van der Waals surface area contributed by atoms with Crippen LogP contribution in [0.4, 0.5) is 0 Å². The maximum absolute atomic E-state index is 14.3. The fraction of sp³-hybridized carbons (Fsp3) is 0.944. The van der Waals surface area contributed by atoms with E-state index < -0.39 is 89.3 Å². The first-order valence-corrected chi connectivity index (χ1v) is 28.0. The van der Waals surface area contributed by atoms with E-state index in [-0.39, 0.29) is 91.6 Å². The lowest BCUT2D eigenvalue weighted by atomic mass is 9.57. The van der Waals surface area contributed by atoms with Crippen LogP contribution in [0, 0.1) is 71.0 Å². The fourth-order valence-corrected chi connectivity index (χ4v) is 17.1. The van der Waals surface area contributed by atoms with Gasteiger partial charge in [-0.25, -0.2) is 29.3 Å². The van der Waals surface area contributed by atoms with Gasteiger partial charge in [0.2, 0.25) is 23.3 Å². The molecule has 3 aliphatic carbocycles. The van der Waals surface area contributed by atoms with Crippen molar-refractivity contribution in [3.8, 4) is 0 Å². The van der Waals surface area contributed by atoms with Crippen molar-refractivity contribution in [1.29, 1.82) is 0 Å². The zero-order chi connectivity index (χ0) is 50.3. The molecule has 6 bridgehead atoms. The Balaban J connectivity index is 0.732. The molecular weight excluding hydrogens is 935 g/mol. The molecule has 0 radical (unpaired) electrons. The molecule has 15 rings (SSSR count). The molecule has 0 aromatic rings. The van der Waals surface area contributed by atoms with E-state index >= 15 is 0 Å². The Morgan fingerprint density at radius 2 is 0.792 bits per heavy atom. The van der Waals surface area contributed by atoms with Gasteiger partial charge >= 0.3 is 11.9 Å². The highest BCUT2D eigenvalue weighted by Gasteiger charge is 2.72. The number of esters is 2. The van der Waals surface area contributed by atoms with Crippen LogP contribution in [-0.2, 0) is 81.6 Å². The largest absolute Gasteiger partial charge is 0.463 e. The van der Waals surface area contributed by atoms with Crippen molar-refractivity contribution in [3.63, 3.8) is 0 Å². The molecule has 1 amide bonds. The van der Waals surface area contributed by atoms with Crippen LogP contribution in [0.15, 0.2) is 0 Å². The van der Waals surface area contributed by atoms with Crippen molar-refractivity contribution in [2.24, 2.45) is 71.0 Å². The highest BCUT2D eigenvalue weighted by Crippen LogP contribution is 2.64. The van der Waals surface area contributed by atoms with Gasteiger partial charge in [-0.15, -0.1) is 0 Å². The molecular formula is C54H81NO17. The number of carbonyl (C=O) groups is 3.